The van der Waals surface area contributed by atoms with Crippen molar-refractivity contribution in [1.29, 1.82) is 0 Å². The highest BCUT2D eigenvalue weighted by atomic mass is 16.5. The number of benzene rings is 1. The van der Waals surface area contributed by atoms with Crippen LogP contribution < -0.4 is 10.1 Å². The zero-order chi connectivity index (χ0) is 15.5. The molecule has 0 spiro atoms. The van der Waals surface area contributed by atoms with E-state index >= 15 is 0 Å². The third-order valence-corrected chi connectivity index (χ3v) is 3.95. The van der Waals surface area contributed by atoms with E-state index in [0.29, 0.717) is 6.61 Å². The van der Waals surface area contributed by atoms with Gasteiger partial charge in [-0.3, -0.25) is 4.79 Å². The first-order valence-corrected chi connectivity index (χ1v) is 7.52. The van der Waals surface area contributed by atoms with Gasteiger partial charge in [0.2, 0.25) is 0 Å². The van der Waals surface area contributed by atoms with Crippen molar-refractivity contribution in [3.05, 3.63) is 35.7 Å². The Kier molecular flexibility index (Phi) is 4.13. The Labute approximate surface area is 130 Å². The maximum absolute atomic E-state index is 11.5. The van der Waals surface area contributed by atoms with Gasteiger partial charge in [-0.1, -0.05) is 0 Å². The van der Waals surface area contributed by atoms with E-state index in [2.05, 4.69) is 5.32 Å². The summed E-state index contributed by atoms with van der Waals surface area (Å²) in [6.45, 7) is 1.96. The Morgan fingerprint density at radius 3 is 2.77 bits per heavy atom. The van der Waals surface area contributed by atoms with E-state index < -0.39 is 0 Å². The second kappa shape index (κ2) is 6.22. The number of methoxy groups -OCH3 is 1. The van der Waals surface area contributed by atoms with E-state index in [1.807, 2.05) is 24.3 Å². The van der Waals surface area contributed by atoms with E-state index in [9.17, 15) is 4.79 Å². The van der Waals surface area contributed by atoms with Gasteiger partial charge in [-0.05, 0) is 50.5 Å². The molecule has 5 nitrogen and oxygen atoms in total. The van der Waals surface area contributed by atoms with E-state index in [1.165, 1.54) is 0 Å². The highest BCUT2D eigenvalue weighted by Gasteiger charge is 2.29. The number of hydrogen-bond donors (Lipinski definition) is 1. The summed E-state index contributed by atoms with van der Waals surface area (Å²) >= 11 is 0. The van der Waals surface area contributed by atoms with Crippen LogP contribution >= 0.6 is 0 Å². The zero-order valence-electron chi connectivity index (χ0n) is 12.9. The first-order chi connectivity index (χ1) is 10.7. The molecule has 0 fully saturated rings. The van der Waals surface area contributed by atoms with Crippen LogP contribution in [0.25, 0.3) is 0 Å². The summed E-state index contributed by atoms with van der Waals surface area (Å²) in [7, 11) is 1.64. The number of nitrogens with one attached hydrogen (secondary N) is 1. The van der Waals surface area contributed by atoms with E-state index in [4.69, 9.17) is 14.5 Å². The molecular formula is C17H20N2O3. The van der Waals surface area contributed by atoms with Crippen LogP contribution in [0, 0.1) is 0 Å². The van der Waals surface area contributed by atoms with Gasteiger partial charge >= 0.3 is 0 Å². The maximum atomic E-state index is 11.5. The molecule has 0 saturated heterocycles. The summed E-state index contributed by atoms with van der Waals surface area (Å²) in [5.74, 6) is 1.73. The lowest BCUT2D eigenvalue weighted by Crippen LogP contribution is -2.44. The molecular weight excluding hydrogens is 280 g/mol. The number of ketones is 1. The number of aliphatic imine (C=N–C) groups is 1. The molecule has 0 aromatic heterocycles. The average Bonchev–Trinajstić information content (AvgIpc) is 2.55. The van der Waals surface area contributed by atoms with Crippen molar-refractivity contribution in [3.8, 4) is 5.75 Å². The van der Waals surface area contributed by atoms with Crippen molar-refractivity contribution in [2.75, 3.05) is 13.7 Å². The largest absolute Gasteiger partial charge is 0.497 e. The molecule has 1 aliphatic carbocycles. The van der Waals surface area contributed by atoms with Crippen molar-refractivity contribution in [2.45, 2.75) is 32.2 Å². The molecule has 1 aromatic carbocycles. The van der Waals surface area contributed by atoms with E-state index in [-0.39, 0.29) is 11.8 Å². The number of carbonyl (C=O) groups is 1. The number of nitrogens with zero attached hydrogens (tertiary/aromatic N) is 1. The second-order valence-corrected chi connectivity index (χ2v) is 5.54. The fourth-order valence-electron chi connectivity index (χ4n) is 2.70. The molecule has 1 atom stereocenters. The molecule has 1 heterocycles. The van der Waals surface area contributed by atoms with Crippen molar-refractivity contribution >= 4 is 17.2 Å². The van der Waals surface area contributed by atoms with Gasteiger partial charge in [0, 0.05) is 0 Å². The molecule has 22 heavy (non-hydrogen) atoms. The van der Waals surface area contributed by atoms with Crippen molar-refractivity contribution < 1.29 is 14.3 Å². The van der Waals surface area contributed by atoms with Crippen molar-refractivity contribution in [2.24, 2.45) is 4.99 Å². The van der Waals surface area contributed by atoms with Gasteiger partial charge in [-0.15, -0.1) is 0 Å². The Hall–Kier alpha value is -2.30. The highest BCUT2D eigenvalue weighted by molar-refractivity contribution is 6.01. The number of Topliss-reactive ketones (excluding diaryl/α,β-unsaturated/α-hetero) is 1. The van der Waals surface area contributed by atoms with E-state index in [1.54, 1.807) is 14.0 Å². The standard InChI is InChI=1S/C17H20N2O3/c1-11(20)16-10-22-17-14(4-3-5-15(17)19-16)18-12-6-8-13(21-2)9-7-12/h6-9,16,19H,3-5,10H2,1-2H3/b18-14+. The normalized spacial score (nSPS) is 22.6. The van der Waals surface area contributed by atoms with Crippen LogP contribution in [0.3, 0.4) is 0 Å². The number of ether oxygens (including phenoxy) is 2. The molecule has 0 saturated carbocycles. The molecule has 2 aliphatic rings. The fraction of sp³-hybridized carbons (Fsp3) is 0.412. The fourth-order valence-corrected chi connectivity index (χ4v) is 2.70. The van der Waals surface area contributed by atoms with Crippen molar-refractivity contribution in [1.82, 2.24) is 5.32 Å². The lowest BCUT2D eigenvalue weighted by Gasteiger charge is -2.31. The molecule has 0 radical (unpaired) electrons. The minimum absolute atomic E-state index is 0.103. The van der Waals surface area contributed by atoms with Crippen LogP contribution in [-0.4, -0.2) is 31.3 Å². The average molecular weight is 300 g/mol. The van der Waals surface area contributed by atoms with Crippen LogP contribution in [0.1, 0.15) is 26.2 Å². The van der Waals surface area contributed by atoms with Gasteiger partial charge < -0.3 is 14.8 Å². The third kappa shape index (κ3) is 2.98. The summed E-state index contributed by atoms with van der Waals surface area (Å²) < 4.78 is 11.0. The van der Waals surface area contributed by atoms with Gasteiger partial charge in [0.1, 0.15) is 18.4 Å². The Balaban J connectivity index is 1.85. The van der Waals surface area contributed by atoms with Crippen LogP contribution in [0.5, 0.6) is 5.75 Å². The second-order valence-electron chi connectivity index (χ2n) is 5.54. The molecule has 0 amide bonds. The SMILES string of the molecule is COc1ccc(/N=C2\CCCC3=C2OCC(C(C)=O)N3)cc1. The summed E-state index contributed by atoms with van der Waals surface area (Å²) in [4.78, 5) is 16.2. The molecule has 0 bridgehead atoms. The van der Waals surface area contributed by atoms with Gasteiger partial charge in [0.15, 0.2) is 11.5 Å². The van der Waals surface area contributed by atoms with Gasteiger partial charge in [0.05, 0.1) is 24.2 Å². The molecule has 3 rings (SSSR count). The van der Waals surface area contributed by atoms with Gasteiger partial charge in [0.25, 0.3) is 0 Å². The minimum Gasteiger partial charge on any atom is -0.497 e. The van der Waals surface area contributed by atoms with Crippen molar-refractivity contribution in [3.63, 3.8) is 0 Å². The quantitative estimate of drug-likeness (QED) is 0.932. The lowest BCUT2D eigenvalue weighted by atomic mass is 9.98. The number of hydrogen-bond acceptors (Lipinski definition) is 5. The van der Waals surface area contributed by atoms with Gasteiger partial charge in [-0.2, -0.15) is 0 Å². The summed E-state index contributed by atoms with van der Waals surface area (Å²) in [5.41, 5.74) is 2.83. The molecule has 1 N–H and O–H groups in total. The smallest absolute Gasteiger partial charge is 0.159 e. The van der Waals surface area contributed by atoms with Gasteiger partial charge in [-0.25, -0.2) is 4.99 Å². The highest BCUT2D eigenvalue weighted by Crippen LogP contribution is 2.28. The van der Waals surface area contributed by atoms with Crippen LogP contribution in [-0.2, 0) is 9.53 Å². The first kappa shape index (κ1) is 14.6. The Morgan fingerprint density at radius 1 is 1.32 bits per heavy atom. The molecule has 116 valence electrons. The summed E-state index contributed by atoms with van der Waals surface area (Å²) in [6, 6.07) is 7.40. The molecule has 1 aromatic rings. The minimum atomic E-state index is -0.237. The predicted molar refractivity (Wildman–Crippen MR) is 84.5 cm³/mol. The number of allylic oxidation sites excluding steroid dienone is 2. The Bertz CT molecular complexity index is 632. The Morgan fingerprint density at radius 2 is 2.09 bits per heavy atom. The maximum Gasteiger partial charge on any atom is 0.159 e. The zero-order valence-corrected chi connectivity index (χ0v) is 12.9. The predicted octanol–water partition coefficient (Wildman–Crippen LogP) is 2.74. The number of carbonyl (C=O) groups excluding carboxylic acids is 1. The first-order valence-electron chi connectivity index (χ1n) is 7.52. The topological polar surface area (TPSA) is 59.9 Å². The summed E-state index contributed by atoms with van der Waals surface area (Å²) in [6.07, 6.45) is 2.80. The summed E-state index contributed by atoms with van der Waals surface area (Å²) in [5, 5.41) is 3.29. The molecule has 1 unspecified atom stereocenters. The molecule has 1 aliphatic heterocycles. The van der Waals surface area contributed by atoms with Crippen LogP contribution in [0.4, 0.5) is 5.69 Å². The van der Waals surface area contributed by atoms with Crippen LogP contribution in [0.15, 0.2) is 40.7 Å². The van der Waals surface area contributed by atoms with Crippen LogP contribution in [0.2, 0.25) is 0 Å². The number of rotatable bonds is 3. The lowest BCUT2D eigenvalue weighted by molar-refractivity contribution is -0.120. The van der Waals surface area contributed by atoms with E-state index in [0.717, 1.165) is 47.9 Å². The third-order valence-electron chi connectivity index (χ3n) is 3.95. The molecule has 5 heteroatoms. The monoisotopic (exact) mass is 300 g/mol.